The van der Waals surface area contributed by atoms with Crippen molar-refractivity contribution in [2.75, 3.05) is 5.88 Å². The molecule has 2 atom stereocenters. The minimum Gasteiger partial charge on any atom is -0.328 e. The minimum absolute atomic E-state index is 0.181. The van der Waals surface area contributed by atoms with Crippen molar-refractivity contribution in [1.29, 1.82) is 0 Å². The summed E-state index contributed by atoms with van der Waals surface area (Å²) in [4.78, 5) is 4.60. The molecule has 0 bridgehead atoms. The third-order valence-corrected chi connectivity index (χ3v) is 4.86. The smallest absolute Gasteiger partial charge is 0.128 e. The zero-order chi connectivity index (χ0) is 15.0. The number of hydrogen-bond donors (Lipinski definition) is 0. The third-order valence-electron chi connectivity index (χ3n) is 4.67. The van der Waals surface area contributed by atoms with Gasteiger partial charge in [0, 0.05) is 24.9 Å². The molecule has 1 fully saturated rings. The second kappa shape index (κ2) is 5.96. The highest BCUT2D eigenvalue weighted by atomic mass is 35.5. The van der Waals surface area contributed by atoms with Crippen LogP contribution < -0.4 is 0 Å². The number of alkyl halides is 1. The van der Waals surface area contributed by atoms with Gasteiger partial charge < -0.3 is 4.57 Å². The molecule has 1 heterocycles. The molecule has 1 aromatic carbocycles. The van der Waals surface area contributed by atoms with Crippen LogP contribution in [-0.2, 0) is 13.0 Å². The maximum absolute atomic E-state index is 13.8. The van der Waals surface area contributed by atoms with Gasteiger partial charge in [-0.3, -0.25) is 0 Å². The Kier molecular flexibility index (Phi) is 4.21. The summed E-state index contributed by atoms with van der Waals surface area (Å²) in [5, 5.41) is 0. The standard InChI is InChI=1S/C17H22ClFN2/c1-11-3-4-13(7-11)10-21-16-8-12(2)14(19)9-15(16)20-17(21)5-6-18/h8-9,11,13H,3-7,10H2,1-2H3. The summed E-state index contributed by atoms with van der Waals surface area (Å²) in [7, 11) is 0. The first kappa shape index (κ1) is 14.8. The zero-order valence-electron chi connectivity index (χ0n) is 12.7. The van der Waals surface area contributed by atoms with Crippen molar-refractivity contribution in [3.05, 3.63) is 29.3 Å². The molecule has 0 spiro atoms. The fourth-order valence-electron chi connectivity index (χ4n) is 3.53. The van der Waals surface area contributed by atoms with Crippen molar-refractivity contribution < 1.29 is 4.39 Å². The van der Waals surface area contributed by atoms with Crippen molar-refractivity contribution >= 4 is 22.6 Å². The van der Waals surface area contributed by atoms with Gasteiger partial charge in [-0.05, 0) is 43.2 Å². The van der Waals surface area contributed by atoms with Gasteiger partial charge in [-0.1, -0.05) is 13.3 Å². The first-order valence-corrected chi connectivity index (χ1v) is 8.33. The van der Waals surface area contributed by atoms with Crippen LogP contribution >= 0.6 is 11.6 Å². The molecule has 1 aliphatic carbocycles. The monoisotopic (exact) mass is 308 g/mol. The van der Waals surface area contributed by atoms with Crippen LogP contribution in [0, 0.1) is 24.6 Å². The van der Waals surface area contributed by atoms with E-state index in [1.807, 2.05) is 13.0 Å². The first-order valence-electron chi connectivity index (χ1n) is 7.79. The van der Waals surface area contributed by atoms with Gasteiger partial charge in [0.1, 0.15) is 11.6 Å². The molecule has 0 aliphatic heterocycles. The van der Waals surface area contributed by atoms with Gasteiger partial charge in [0.15, 0.2) is 0 Å². The molecule has 1 saturated carbocycles. The third kappa shape index (κ3) is 2.94. The molecule has 1 aliphatic rings. The molecule has 0 amide bonds. The van der Waals surface area contributed by atoms with Gasteiger partial charge in [0.25, 0.3) is 0 Å². The SMILES string of the molecule is Cc1cc2c(cc1F)nc(CCCl)n2CC1CCC(C)C1. The quantitative estimate of drug-likeness (QED) is 0.748. The Balaban J connectivity index is 2.00. The van der Waals surface area contributed by atoms with E-state index in [1.54, 1.807) is 6.07 Å². The fourth-order valence-corrected chi connectivity index (χ4v) is 3.70. The lowest BCUT2D eigenvalue weighted by Crippen LogP contribution is -2.11. The highest BCUT2D eigenvalue weighted by Crippen LogP contribution is 2.33. The molecular formula is C17H22ClFN2. The van der Waals surface area contributed by atoms with Gasteiger partial charge in [-0.25, -0.2) is 9.37 Å². The van der Waals surface area contributed by atoms with Crippen LogP contribution in [0.2, 0.25) is 0 Å². The summed E-state index contributed by atoms with van der Waals surface area (Å²) in [6.07, 6.45) is 4.61. The highest BCUT2D eigenvalue weighted by Gasteiger charge is 2.23. The van der Waals surface area contributed by atoms with Gasteiger partial charge in [0.05, 0.1) is 11.0 Å². The first-order chi connectivity index (χ1) is 10.1. The van der Waals surface area contributed by atoms with Crippen LogP contribution in [0.25, 0.3) is 11.0 Å². The molecule has 0 N–H and O–H groups in total. The van der Waals surface area contributed by atoms with E-state index in [9.17, 15) is 4.39 Å². The summed E-state index contributed by atoms with van der Waals surface area (Å²) >= 11 is 5.91. The van der Waals surface area contributed by atoms with Crippen LogP contribution in [0.1, 0.15) is 37.6 Å². The van der Waals surface area contributed by atoms with E-state index in [-0.39, 0.29) is 5.82 Å². The number of aryl methyl sites for hydroxylation is 2. The Morgan fingerprint density at radius 2 is 2.19 bits per heavy atom. The Hall–Kier alpha value is -1.09. The molecule has 2 nitrogen and oxygen atoms in total. The van der Waals surface area contributed by atoms with Crippen LogP contribution in [0.4, 0.5) is 4.39 Å². The zero-order valence-corrected chi connectivity index (χ0v) is 13.5. The van der Waals surface area contributed by atoms with Crippen molar-refractivity contribution in [2.24, 2.45) is 11.8 Å². The summed E-state index contributed by atoms with van der Waals surface area (Å²) in [6.45, 7) is 5.12. The maximum Gasteiger partial charge on any atom is 0.128 e. The molecule has 1 aromatic heterocycles. The Bertz CT molecular complexity index is 650. The van der Waals surface area contributed by atoms with Crippen molar-refractivity contribution in [3.8, 4) is 0 Å². The average molecular weight is 309 g/mol. The van der Waals surface area contributed by atoms with Gasteiger partial charge in [-0.2, -0.15) is 0 Å². The molecule has 0 radical (unpaired) electrons. The predicted molar refractivity (Wildman–Crippen MR) is 85.4 cm³/mol. The molecule has 114 valence electrons. The minimum atomic E-state index is -0.181. The normalized spacial score (nSPS) is 22.3. The largest absolute Gasteiger partial charge is 0.328 e. The lowest BCUT2D eigenvalue weighted by Gasteiger charge is -2.14. The summed E-state index contributed by atoms with van der Waals surface area (Å²) in [6, 6.07) is 3.48. The second-order valence-electron chi connectivity index (χ2n) is 6.45. The molecule has 0 saturated heterocycles. The summed E-state index contributed by atoms with van der Waals surface area (Å²) in [5.74, 6) is 2.88. The molecule has 4 heteroatoms. The number of imidazole rings is 1. The van der Waals surface area contributed by atoms with E-state index in [0.29, 0.717) is 17.4 Å². The average Bonchev–Trinajstić information content (AvgIpc) is 2.97. The number of fused-ring (bicyclic) bond motifs is 1. The van der Waals surface area contributed by atoms with Crippen LogP contribution in [0.3, 0.4) is 0 Å². The van der Waals surface area contributed by atoms with E-state index in [2.05, 4.69) is 16.5 Å². The number of halogens is 2. The number of aromatic nitrogens is 2. The molecule has 2 unspecified atom stereocenters. The summed E-state index contributed by atoms with van der Waals surface area (Å²) in [5.41, 5.74) is 2.48. The molecule has 2 aromatic rings. The Morgan fingerprint density at radius 1 is 1.38 bits per heavy atom. The van der Waals surface area contributed by atoms with Crippen LogP contribution in [-0.4, -0.2) is 15.4 Å². The lowest BCUT2D eigenvalue weighted by atomic mass is 10.1. The number of nitrogens with zero attached hydrogens (tertiary/aromatic N) is 2. The van der Waals surface area contributed by atoms with Crippen molar-refractivity contribution in [3.63, 3.8) is 0 Å². The number of rotatable bonds is 4. The predicted octanol–water partition coefficient (Wildman–Crippen LogP) is 4.70. The van der Waals surface area contributed by atoms with E-state index in [0.717, 1.165) is 35.7 Å². The number of benzene rings is 1. The van der Waals surface area contributed by atoms with Crippen LogP contribution in [0.5, 0.6) is 0 Å². The highest BCUT2D eigenvalue weighted by molar-refractivity contribution is 6.17. The lowest BCUT2D eigenvalue weighted by molar-refractivity contribution is 0.439. The van der Waals surface area contributed by atoms with Crippen molar-refractivity contribution in [2.45, 2.75) is 46.1 Å². The number of hydrogen-bond acceptors (Lipinski definition) is 1. The van der Waals surface area contributed by atoms with E-state index in [4.69, 9.17) is 11.6 Å². The van der Waals surface area contributed by atoms with Crippen molar-refractivity contribution in [1.82, 2.24) is 9.55 Å². The molecule has 3 rings (SSSR count). The topological polar surface area (TPSA) is 17.8 Å². The van der Waals surface area contributed by atoms with E-state index >= 15 is 0 Å². The van der Waals surface area contributed by atoms with Gasteiger partial charge in [0.2, 0.25) is 0 Å². The fraction of sp³-hybridized carbons (Fsp3) is 0.588. The van der Waals surface area contributed by atoms with Gasteiger partial charge in [-0.15, -0.1) is 11.6 Å². The maximum atomic E-state index is 13.8. The summed E-state index contributed by atoms with van der Waals surface area (Å²) < 4.78 is 16.0. The second-order valence-corrected chi connectivity index (χ2v) is 6.83. The molecular weight excluding hydrogens is 287 g/mol. The Morgan fingerprint density at radius 3 is 2.86 bits per heavy atom. The molecule has 21 heavy (non-hydrogen) atoms. The van der Waals surface area contributed by atoms with Crippen LogP contribution in [0.15, 0.2) is 12.1 Å². The van der Waals surface area contributed by atoms with E-state index in [1.165, 1.54) is 19.3 Å². The van der Waals surface area contributed by atoms with Gasteiger partial charge >= 0.3 is 0 Å². The van der Waals surface area contributed by atoms with E-state index < -0.39 is 0 Å². The Labute approximate surface area is 130 Å².